The van der Waals surface area contributed by atoms with Gasteiger partial charge < -0.3 is 24.6 Å². The molecule has 7 nitrogen and oxygen atoms in total. The SMILES string of the molecule is O=C(O)c1cn(C2CC2)c2c(OC(F)F)c(N3CC(F)C(CNC4CC4)C3)c(F)cc2c1=O. The molecule has 2 N–H and O–H groups in total. The van der Waals surface area contributed by atoms with E-state index in [-0.39, 0.29) is 35.7 Å². The van der Waals surface area contributed by atoms with Crippen LogP contribution in [0.4, 0.5) is 23.2 Å². The Hall–Kier alpha value is -2.82. The van der Waals surface area contributed by atoms with E-state index in [9.17, 15) is 27.9 Å². The molecule has 2 aliphatic carbocycles. The lowest BCUT2D eigenvalue weighted by atomic mass is 10.1. The van der Waals surface area contributed by atoms with Crippen molar-refractivity contribution in [2.75, 3.05) is 24.5 Å². The molecule has 0 amide bonds. The van der Waals surface area contributed by atoms with Crippen molar-refractivity contribution in [3.63, 3.8) is 0 Å². The van der Waals surface area contributed by atoms with E-state index >= 15 is 4.39 Å². The van der Waals surface area contributed by atoms with Crippen LogP contribution in [-0.2, 0) is 0 Å². The van der Waals surface area contributed by atoms with Gasteiger partial charge in [-0.1, -0.05) is 0 Å². The van der Waals surface area contributed by atoms with E-state index in [1.165, 1.54) is 9.47 Å². The Morgan fingerprint density at radius 2 is 1.97 bits per heavy atom. The van der Waals surface area contributed by atoms with Crippen molar-refractivity contribution in [3.8, 4) is 5.75 Å². The zero-order valence-corrected chi connectivity index (χ0v) is 17.6. The highest BCUT2D eigenvalue weighted by Crippen LogP contribution is 2.45. The van der Waals surface area contributed by atoms with Gasteiger partial charge in [0.1, 0.15) is 17.4 Å². The van der Waals surface area contributed by atoms with E-state index in [0.29, 0.717) is 25.4 Å². The average Bonchev–Trinajstić information content (AvgIpc) is 3.65. The number of hydrogen-bond acceptors (Lipinski definition) is 5. The van der Waals surface area contributed by atoms with Crippen LogP contribution in [0, 0.1) is 11.7 Å². The first-order valence-corrected chi connectivity index (χ1v) is 11.0. The Morgan fingerprint density at radius 3 is 2.58 bits per heavy atom. The van der Waals surface area contributed by atoms with Gasteiger partial charge >= 0.3 is 12.6 Å². The predicted octanol–water partition coefficient (Wildman–Crippen LogP) is 3.30. The molecule has 2 heterocycles. The van der Waals surface area contributed by atoms with Crippen LogP contribution in [0.1, 0.15) is 42.1 Å². The highest BCUT2D eigenvalue weighted by Gasteiger charge is 2.38. The highest BCUT2D eigenvalue weighted by atomic mass is 19.3. The number of anilines is 1. The van der Waals surface area contributed by atoms with Crippen LogP contribution in [0.15, 0.2) is 17.1 Å². The second-order valence-electron chi connectivity index (χ2n) is 8.99. The monoisotopic (exact) mass is 469 g/mol. The fourth-order valence-corrected chi connectivity index (χ4v) is 4.54. The number of halogens is 4. The number of rotatable bonds is 8. The van der Waals surface area contributed by atoms with Crippen LogP contribution in [0.2, 0.25) is 0 Å². The molecular formula is C22H23F4N3O4. The van der Waals surface area contributed by atoms with Crippen LogP contribution in [-0.4, -0.2) is 54.1 Å². The maximum atomic E-state index is 15.3. The minimum absolute atomic E-state index is 0.0871. The van der Waals surface area contributed by atoms with Crippen molar-refractivity contribution in [1.29, 1.82) is 0 Å². The molecule has 2 saturated carbocycles. The van der Waals surface area contributed by atoms with E-state index in [0.717, 1.165) is 25.1 Å². The number of ether oxygens (including phenoxy) is 1. The van der Waals surface area contributed by atoms with Gasteiger partial charge in [0.2, 0.25) is 5.43 Å². The summed E-state index contributed by atoms with van der Waals surface area (Å²) in [6.07, 6.45) is 3.12. The number of carboxylic acid groups (broad SMARTS) is 1. The second kappa shape index (κ2) is 8.19. The number of aromatic nitrogens is 1. The fourth-order valence-electron chi connectivity index (χ4n) is 4.54. The number of benzene rings is 1. The third-order valence-corrected chi connectivity index (χ3v) is 6.50. The maximum absolute atomic E-state index is 15.3. The molecule has 2 unspecified atom stereocenters. The van der Waals surface area contributed by atoms with Crippen LogP contribution >= 0.6 is 0 Å². The van der Waals surface area contributed by atoms with E-state index in [2.05, 4.69) is 5.32 Å². The molecule has 3 fully saturated rings. The van der Waals surface area contributed by atoms with Crippen molar-refractivity contribution >= 4 is 22.6 Å². The summed E-state index contributed by atoms with van der Waals surface area (Å²) >= 11 is 0. The standard InChI is InChI=1S/C22H23F4N3O4/c23-15-5-13-17(29(12-3-4-12)8-14(19(13)30)21(31)32)20(33-22(25)26)18(15)28-7-10(16(24)9-28)6-27-11-1-2-11/h5,8,10-12,16,22,27H,1-4,6-7,9H2,(H,31,32). The molecule has 33 heavy (non-hydrogen) atoms. The molecule has 2 aromatic rings. The number of carbonyl (C=O) groups is 1. The molecule has 11 heteroatoms. The van der Waals surface area contributed by atoms with Gasteiger partial charge in [0.15, 0.2) is 11.6 Å². The lowest BCUT2D eigenvalue weighted by Gasteiger charge is -2.25. The maximum Gasteiger partial charge on any atom is 0.387 e. The summed E-state index contributed by atoms with van der Waals surface area (Å²) in [7, 11) is 0. The predicted molar refractivity (Wildman–Crippen MR) is 112 cm³/mol. The molecule has 1 aromatic heterocycles. The summed E-state index contributed by atoms with van der Waals surface area (Å²) in [6.45, 7) is -3.06. The number of alkyl halides is 3. The van der Waals surface area contributed by atoms with Gasteiger partial charge in [-0.05, 0) is 31.7 Å². The van der Waals surface area contributed by atoms with Crippen molar-refractivity contribution in [3.05, 3.63) is 33.9 Å². The van der Waals surface area contributed by atoms with Gasteiger partial charge in [0.25, 0.3) is 0 Å². The number of pyridine rings is 1. The smallest absolute Gasteiger partial charge is 0.387 e. The van der Waals surface area contributed by atoms with Gasteiger partial charge in [-0.2, -0.15) is 8.78 Å². The summed E-state index contributed by atoms with van der Waals surface area (Å²) in [5, 5.41) is 12.3. The summed E-state index contributed by atoms with van der Waals surface area (Å²) in [6, 6.07) is 0.977. The first-order valence-electron chi connectivity index (χ1n) is 11.0. The number of aromatic carboxylic acids is 1. The van der Waals surface area contributed by atoms with Gasteiger partial charge in [0, 0.05) is 43.8 Å². The molecule has 1 aromatic carbocycles. The molecule has 1 aliphatic heterocycles. The van der Waals surface area contributed by atoms with Crippen molar-refractivity contribution in [2.24, 2.45) is 5.92 Å². The Labute approximate surface area is 185 Å². The number of carboxylic acids is 1. The Morgan fingerprint density at radius 1 is 1.24 bits per heavy atom. The summed E-state index contributed by atoms with van der Waals surface area (Å²) < 4.78 is 63.1. The Kier molecular flexibility index (Phi) is 5.46. The third-order valence-electron chi connectivity index (χ3n) is 6.50. The topological polar surface area (TPSA) is 83.8 Å². The van der Waals surface area contributed by atoms with Crippen LogP contribution in [0.5, 0.6) is 5.75 Å². The van der Waals surface area contributed by atoms with Crippen molar-refractivity contribution in [1.82, 2.24) is 9.88 Å². The van der Waals surface area contributed by atoms with Crippen molar-refractivity contribution < 1.29 is 32.2 Å². The van der Waals surface area contributed by atoms with Gasteiger partial charge in [-0.3, -0.25) is 4.79 Å². The van der Waals surface area contributed by atoms with E-state index < -0.39 is 47.2 Å². The highest BCUT2D eigenvalue weighted by molar-refractivity contribution is 5.97. The summed E-state index contributed by atoms with van der Waals surface area (Å²) in [5.41, 5.74) is -2.01. The lowest BCUT2D eigenvalue weighted by molar-refractivity contribution is -0.0488. The van der Waals surface area contributed by atoms with E-state index in [1.807, 2.05) is 0 Å². The average molecular weight is 469 g/mol. The molecule has 3 aliphatic rings. The van der Waals surface area contributed by atoms with Gasteiger partial charge in [-0.15, -0.1) is 0 Å². The molecule has 0 spiro atoms. The Bertz CT molecular complexity index is 1160. The van der Waals surface area contributed by atoms with Crippen LogP contribution < -0.4 is 20.4 Å². The first kappa shape index (κ1) is 22.0. The fraction of sp³-hybridized carbons (Fsp3) is 0.545. The summed E-state index contributed by atoms with van der Waals surface area (Å²) in [5.74, 6) is -3.56. The minimum atomic E-state index is -3.33. The number of nitrogens with one attached hydrogen (secondary N) is 1. The molecule has 178 valence electrons. The zero-order valence-electron chi connectivity index (χ0n) is 17.6. The van der Waals surface area contributed by atoms with Crippen molar-refractivity contribution in [2.45, 2.75) is 50.6 Å². The number of hydrogen-bond donors (Lipinski definition) is 2. The van der Waals surface area contributed by atoms with Crippen LogP contribution in [0.3, 0.4) is 0 Å². The third kappa shape index (κ3) is 4.14. The quantitative estimate of drug-likeness (QED) is 0.578. The molecule has 2 atom stereocenters. The van der Waals surface area contributed by atoms with E-state index in [1.54, 1.807) is 0 Å². The Balaban J connectivity index is 1.65. The molecule has 0 bridgehead atoms. The van der Waals surface area contributed by atoms with Gasteiger partial charge in [0.05, 0.1) is 10.9 Å². The summed E-state index contributed by atoms with van der Waals surface area (Å²) in [4.78, 5) is 25.7. The number of fused-ring (bicyclic) bond motifs is 1. The van der Waals surface area contributed by atoms with E-state index in [4.69, 9.17) is 4.74 Å². The number of nitrogens with zero attached hydrogens (tertiary/aromatic N) is 2. The second-order valence-corrected chi connectivity index (χ2v) is 8.99. The minimum Gasteiger partial charge on any atom is -0.477 e. The molecular weight excluding hydrogens is 446 g/mol. The lowest BCUT2D eigenvalue weighted by Crippen LogP contribution is -2.30. The molecule has 0 radical (unpaired) electrons. The molecule has 1 saturated heterocycles. The normalized spacial score (nSPS) is 23.0. The van der Waals surface area contributed by atoms with Gasteiger partial charge in [-0.25, -0.2) is 13.6 Å². The largest absolute Gasteiger partial charge is 0.477 e. The molecule has 5 rings (SSSR count). The first-order chi connectivity index (χ1) is 15.7. The zero-order chi connectivity index (χ0) is 23.4. The van der Waals surface area contributed by atoms with Crippen LogP contribution in [0.25, 0.3) is 10.9 Å².